The highest BCUT2D eigenvalue weighted by atomic mass is 32.2. The van der Waals surface area contributed by atoms with Crippen molar-refractivity contribution >= 4 is 20.9 Å². The van der Waals surface area contributed by atoms with Crippen molar-refractivity contribution in [2.45, 2.75) is 63.2 Å². The normalized spacial score (nSPS) is 23.2. The van der Waals surface area contributed by atoms with Gasteiger partial charge in [-0.3, -0.25) is 13.9 Å². The number of nitrogens with zero attached hydrogens (tertiary/aromatic N) is 2. The summed E-state index contributed by atoms with van der Waals surface area (Å²) in [5.41, 5.74) is 5.02. The van der Waals surface area contributed by atoms with Crippen LogP contribution in [0, 0.1) is 0 Å². The average Bonchev–Trinajstić information content (AvgIpc) is 2.59. The van der Waals surface area contributed by atoms with Crippen LogP contribution in [0.1, 0.15) is 33.6 Å². The summed E-state index contributed by atoms with van der Waals surface area (Å²) >= 11 is 0. The lowest BCUT2D eigenvalue weighted by Crippen LogP contribution is -2.63. The Kier molecular flexibility index (Phi) is 4.58. The van der Waals surface area contributed by atoms with Gasteiger partial charge in [-0.05, 0) is 51.8 Å². The van der Waals surface area contributed by atoms with Crippen LogP contribution < -0.4 is 21.7 Å². The molecule has 0 radical (unpaired) electrons. The first-order chi connectivity index (χ1) is 12.1. The van der Waals surface area contributed by atoms with Crippen LogP contribution in [0.5, 0.6) is 0 Å². The van der Waals surface area contributed by atoms with Gasteiger partial charge in [0, 0.05) is 24.7 Å². The number of benzene rings is 1. The number of nitrogens with two attached hydrogens (primary N) is 1. The van der Waals surface area contributed by atoms with Crippen LogP contribution in [-0.2, 0) is 23.1 Å². The zero-order chi connectivity index (χ0) is 19.3. The Morgan fingerprint density at radius 3 is 2.38 bits per heavy atom. The highest BCUT2D eigenvalue weighted by Gasteiger charge is 2.41. The summed E-state index contributed by atoms with van der Waals surface area (Å²) in [6.45, 7) is 5.92. The molecule has 0 saturated heterocycles. The molecule has 3 N–H and O–H groups in total. The van der Waals surface area contributed by atoms with Crippen LogP contribution in [0.2, 0.25) is 0 Å². The van der Waals surface area contributed by atoms with E-state index in [2.05, 4.69) is 4.72 Å². The van der Waals surface area contributed by atoms with Gasteiger partial charge in [0.25, 0.3) is 5.56 Å². The molecule has 3 rings (SSSR count). The summed E-state index contributed by atoms with van der Waals surface area (Å²) in [6.07, 6.45) is 1.43. The third-order valence-corrected chi connectivity index (χ3v) is 6.67. The van der Waals surface area contributed by atoms with Crippen molar-refractivity contribution in [3.05, 3.63) is 39.0 Å². The summed E-state index contributed by atoms with van der Waals surface area (Å²) < 4.78 is 30.6. The Balaban J connectivity index is 2.15. The van der Waals surface area contributed by atoms with Crippen molar-refractivity contribution in [3.8, 4) is 0 Å². The molecule has 2 aromatic rings. The van der Waals surface area contributed by atoms with E-state index >= 15 is 0 Å². The molecule has 1 aliphatic rings. The van der Waals surface area contributed by atoms with E-state index in [0.717, 1.165) is 11.0 Å². The van der Waals surface area contributed by atoms with Gasteiger partial charge < -0.3 is 5.73 Å². The third-order valence-electron chi connectivity index (χ3n) is 5.20. The molecule has 0 bridgehead atoms. The Morgan fingerprint density at radius 1 is 1.23 bits per heavy atom. The molecule has 0 unspecified atom stereocenters. The molecule has 0 amide bonds. The number of hydrogen-bond donors (Lipinski definition) is 2. The van der Waals surface area contributed by atoms with Gasteiger partial charge in [-0.2, -0.15) is 0 Å². The first-order valence-electron chi connectivity index (χ1n) is 8.71. The Bertz CT molecular complexity index is 1080. The monoisotopic (exact) mass is 380 g/mol. The first-order valence-corrected chi connectivity index (χ1v) is 10.2. The van der Waals surface area contributed by atoms with Crippen LogP contribution in [0.4, 0.5) is 0 Å². The molecule has 1 aromatic heterocycles. The van der Waals surface area contributed by atoms with Crippen LogP contribution in [-0.4, -0.2) is 29.1 Å². The number of nitrogens with one attached hydrogen (secondary N) is 1. The Labute approximate surface area is 151 Å². The van der Waals surface area contributed by atoms with Crippen LogP contribution >= 0.6 is 0 Å². The largest absolute Gasteiger partial charge is 0.331 e. The minimum absolute atomic E-state index is 0.00578. The molecule has 0 spiro atoms. The molecule has 26 heavy (non-hydrogen) atoms. The second-order valence-corrected chi connectivity index (χ2v) is 8.69. The van der Waals surface area contributed by atoms with E-state index in [1.165, 1.54) is 22.8 Å². The fraction of sp³-hybridized carbons (Fsp3) is 0.529. The number of fused-ring (bicyclic) bond motifs is 1. The van der Waals surface area contributed by atoms with Gasteiger partial charge in [-0.25, -0.2) is 17.9 Å². The van der Waals surface area contributed by atoms with Gasteiger partial charge in [0.1, 0.15) is 0 Å². The minimum atomic E-state index is -3.81. The molecule has 2 atom stereocenters. The van der Waals surface area contributed by atoms with Crippen molar-refractivity contribution in [2.24, 2.45) is 5.73 Å². The lowest BCUT2D eigenvalue weighted by atomic mass is 9.75. The van der Waals surface area contributed by atoms with Crippen molar-refractivity contribution in [2.75, 3.05) is 0 Å². The summed E-state index contributed by atoms with van der Waals surface area (Å²) in [7, 11) is -3.81. The van der Waals surface area contributed by atoms with E-state index in [0.29, 0.717) is 18.5 Å². The third kappa shape index (κ3) is 2.89. The topological polar surface area (TPSA) is 116 Å². The lowest BCUT2D eigenvalue weighted by Gasteiger charge is -2.44. The predicted octanol–water partition coefficient (Wildman–Crippen LogP) is 0.361. The molecule has 9 heteroatoms. The van der Waals surface area contributed by atoms with Gasteiger partial charge in [0.05, 0.1) is 15.8 Å². The fourth-order valence-corrected chi connectivity index (χ4v) is 4.77. The summed E-state index contributed by atoms with van der Waals surface area (Å²) in [5.74, 6) is 0. The van der Waals surface area contributed by atoms with E-state index in [9.17, 15) is 18.0 Å². The maximum Gasteiger partial charge on any atom is 0.331 e. The van der Waals surface area contributed by atoms with E-state index in [4.69, 9.17) is 5.73 Å². The highest BCUT2D eigenvalue weighted by molar-refractivity contribution is 7.89. The summed E-state index contributed by atoms with van der Waals surface area (Å²) in [6, 6.07) is 3.93. The lowest BCUT2D eigenvalue weighted by molar-refractivity contribution is 0.206. The van der Waals surface area contributed by atoms with E-state index in [1.54, 1.807) is 13.8 Å². The predicted molar refractivity (Wildman–Crippen MR) is 99.8 cm³/mol. The maximum absolute atomic E-state index is 12.7. The molecule has 142 valence electrons. The number of aryl methyl sites for hydroxylation is 1. The van der Waals surface area contributed by atoms with Crippen LogP contribution in [0.3, 0.4) is 0 Å². The van der Waals surface area contributed by atoms with E-state index < -0.39 is 26.8 Å². The number of aromatic nitrogens is 2. The van der Waals surface area contributed by atoms with Crippen LogP contribution in [0.15, 0.2) is 32.7 Å². The molecular formula is C17H24N4O4S. The SMILES string of the molecule is CCn1c(=O)c2cc(S(=O)(=O)N[C@@H]3CC[C@]3(C)N)ccc2n(CC)c1=O. The maximum atomic E-state index is 12.7. The highest BCUT2D eigenvalue weighted by Crippen LogP contribution is 2.30. The molecule has 1 aromatic carbocycles. The van der Waals surface area contributed by atoms with Crippen molar-refractivity contribution < 1.29 is 8.42 Å². The van der Waals surface area contributed by atoms with Gasteiger partial charge in [-0.1, -0.05) is 0 Å². The molecule has 8 nitrogen and oxygen atoms in total. The first kappa shape index (κ1) is 18.8. The zero-order valence-corrected chi connectivity index (χ0v) is 16.0. The Hall–Kier alpha value is -1.97. The summed E-state index contributed by atoms with van der Waals surface area (Å²) in [5, 5.41) is 0.209. The second-order valence-electron chi connectivity index (χ2n) is 6.97. The average molecular weight is 380 g/mol. The van der Waals surface area contributed by atoms with Gasteiger partial charge in [-0.15, -0.1) is 0 Å². The Morgan fingerprint density at radius 2 is 1.88 bits per heavy atom. The van der Waals surface area contributed by atoms with E-state index in [1.807, 2.05) is 6.92 Å². The molecule has 1 fully saturated rings. The second kappa shape index (κ2) is 6.33. The van der Waals surface area contributed by atoms with Crippen LogP contribution in [0.25, 0.3) is 10.9 Å². The number of sulfonamides is 1. The van der Waals surface area contributed by atoms with Crippen molar-refractivity contribution in [1.29, 1.82) is 0 Å². The molecule has 1 aliphatic carbocycles. The molecular weight excluding hydrogens is 356 g/mol. The molecule has 1 heterocycles. The quantitative estimate of drug-likeness (QED) is 0.777. The van der Waals surface area contributed by atoms with Gasteiger partial charge in [0.15, 0.2) is 0 Å². The number of rotatable bonds is 5. The minimum Gasteiger partial charge on any atom is -0.324 e. The van der Waals surface area contributed by atoms with Crippen molar-refractivity contribution in [3.63, 3.8) is 0 Å². The standard InChI is InChI=1S/C17H24N4O4S/c1-4-20-13-7-6-11(10-12(13)15(22)21(5-2)16(20)23)26(24,25)19-14-8-9-17(14,3)18/h6-7,10,14,19H,4-5,8-9,18H2,1-3H3/t14-,17+/m1/s1. The van der Waals surface area contributed by atoms with E-state index in [-0.39, 0.29) is 22.9 Å². The smallest absolute Gasteiger partial charge is 0.324 e. The fourth-order valence-electron chi connectivity index (χ4n) is 3.35. The zero-order valence-electron chi connectivity index (χ0n) is 15.2. The molecule has 0 aliphatic heterocycles. The molecule has 1 saturated carbocycles. The van der Waals surface area contributed by atoms with Gasteiger partial charge in [0.2, 0.25) is 10.0 Å². The van der Waals surface area contributed by atoms with Crippen molar-refractivity contribution in [1.82, 2.24) is 13.9 Å². The number of hydrogen-bond acceptors (Lipinski definition) is 5. The summed E-state index contributed by atoms with van der Waals surface area (Å²) in [4.78, 5) is 25.0. The van der Waals surface area contributed by atoms with Gasteiger partial charge >= 0.3 is 5.69 Å².